The largest absolute Gasteiger partial charge is 0.337 e. The lowest BCUT2D eigenvalue weighted by atomic mass is 10.1. The van der Waals surface area contributed by atoms with E-state index in [-0.39, 0.29) is 0 Å². The van der Waals surface area contributed by atoms with E-state index in [1.807, 2.05) is 12.1 Å². The summed E-state index contributed by atoms with van der Waals surface area (Å²) in [7, 11) is 0. The third-order valence-electron chi connectivity index (χ3n) is 3.70. The Hall–Kier alpha value is -2.40. The van der Waals surface area contributed by atoms with Gasteiger partial charge in [-0.05, 0) is 54.6 Å². The minimum absolute atomic E-state index is 0.800. The van der Waals surface area contributed by atoms with Gasteiger partial charge in [0.05, 0.1) is 21.6 Å². The third kappa shape index (κ3) is 2.06. The van der Waals surface area contributed by atoms with Gasteiger partial charge in [-0.1, -0.05) is 6.07 Å². The first-order valence-electron chi connectivity index (χ1n) is 6.77. The molecule has 3 heterocycles. The summed E-state index contributed by atoms with van der Waals surface area (Å²) in [5, 5.41) is 9.50. The van der Waals surface area contributed by atoms with Crippen LogP contribution in [0.2, 0.25) is 0 Å². The SMILES string of the molecule is Cc1cc2nc(-c3cc(-c4cccs4)[nH]n3)[nH]c2cc1C. The first-order chi connectivity index (χ1) is 10.2. The minimum atomic E-state index is 0.800. The van der Waals surface area contributed by atoms with Crippen molar-refractivity contribution in [3.05, 3.63) is 46.8 Å². The zero-order valence-corrected chi connectivity index (χ0v) is 12.6. The molecule has 0 fully saturated rings. The molecule has 21 heavy (non-hydrogen) atoms. The average molecular weight is 294 g/mol. The Labute approximate surface area is 125 Å². The highest BCUT2D eigenvalue weighted by atomic mass is 32.1. The standard InChI is InChI=1S/C16H14N4S/c1-9-6-11-12(7-10(9)2)18-16(17-11)14-8-13(19-20-14)15-4-3-5-21-15/h3-8H,1-2H3,(H,17,18)(H,19,20). The number of benzene rings is 1. The zero-order valence-electron chi connectivity index (χ0n) is 11.8. The number of imidazole rings is 1. The number of nitrogens with one attached hydrogen (secondary N) is 2. The van der Waals surface area contributed by atoms with Crippen LogP contribution in [0.3, 0.4) is 0 Å². The minimum Gasteiger partial charge on any atom is -0.337 e. The number of hydrogen-bond donors (Lipinski definition) is 2. The van der Waals surface area contributed by atoms with E-state index in [2.05, 4.69) is 57.6 Å². The molecule has 4 aromatic rings. The van der Waals surface area contributed by atoms with Crippen LogP contribution in [-0.4, -0.2) is 20.2 Å². The molecular weight excluding hydrogens is 280 g/mol. The molecule has 0 saturated heterocycles. The van der Waals surface area contributed by atoms with Crippen LogP contribution in [-0.2, 0) is 0 Å². The van der Waals surface area contributed by atoms with Gasteiger partial charge in [0.2, 0.25) is 0 Å². The summed E-state index contributed by atoms with van der Waals surface area (Å²) in [6, 6.07) is 10.4. The number of thiophene rings is 1. The van der Waals surface area contributed by atoms with Crippen molar-refractivity contribution < 1.29 is 0 Å². The smallest absolute Gasteiger partial charge is 0.159 e. The summed E-state index contributed by atoms with van der Waals surface area (Å²) in [6.45, 7) is 4.21. The van der Waals surface area contributed by atoms with Gasteiger partial charge in [0.1, 0.15) is 5.69 Å². The molecule has 0 aliphatic carbocycles. The molecule has 104 valence electrons. The Morgan fingerprint density at radius 3 is 2.76 bits per heavy atom. The Kier molecular flexibility index (Phi) is 2.68. The molecule has 2 N–H and O–H groups in total. The molecule has 0 bridgehead atoms. The molecule has 0 aliphatic rings. The second kappa shape index (κ2) is 4.56. The predicted molar refractivity (Wildman–Crippen MR) is 86.5 cm³/mol. The number of aryl methyl sites for hydroxylation is 2. The van der Waals surface area contributed by atoms with Crippen molar-refractivity contribution in [3.63, 3.8) is 0 Å². The van der Waals surface area contributed by atoms with Crippen LogP contribution >= 0.6 is 11.3 Å². The highest BCUT2D eigenvalue weighted by molar-refractivity contribution is 7.13. The van der Waals surface area contributed by atoms with Gasteiger partial charge in [-0.2, -0.15) is 5.10 Å². The van der Waals surface area contributed by atoms with Crippen LogP contribution in [0.1, 0.15) is 11.1 Å². The quantitative estimate of drug-likeness (QED) is 0.579. The fraction of sp³-hybridized carbons (Fsp3) is 0.125. The first-order valence-corrected chi connectivity index (χ1v) is 7.65. The first kappa shape index (κ1) is 12.3. The van der Waals surface area contributed by atoms with E-state index < -0.39 is 0 Å². The van der Waals surface area contributed by atoms with Crippen LogP contribution in [0.4, 0.5) is 0 Å². The highest BCUT2D eigenvalue weighted by Gasteiger charge is 2.11. The van der Waals surface area contributed by atoms with Crippen LogP contribution in [0.25, 0.3) is 33.1 Å². The monoisotopic (exact) mass is 294 g/mol. The summed E-state index contributed by atoms with van der Waals surface area (Å²) < 4.78 is 0. The predicted octanol–water partition coefficient (Wildman–Crippen LogP) is 4.30. The Bertz CT molecular complexity index is 876. The van der Waals surface area contributed by atoms with Gasteiger partial charge in [0.25, 0.3) is 0 Å². The maximum atomic E-state index is 4.64. The zero-order chi connectivity index (χ0) is 14.4. The fourth-order valence-corrected chi connectivity index (χ4v) is 3.08. The second-order valence-electron chi connectivity index (χ2n) is 5.18. The van der Waals surface area contributed by atoms with Crippen LogP contribution < -0.4 is 0 Å². The van der Waals surface area contributed by atoms with E-state index in [1.54, 1.807) is 11.3 Å². The highest BCUT2D eigenvalue weighted by Crippen LogP contribution is 2.27. The van der Waals surface area contributed by atoms with E-state index in [0.717, 1.165) is 28.2 Å². The van der Waals surface area contributed by atoms with Crippen molar-refractivity contribution in [1.29, 1.82) is 0 Å². The Balaban J connectivity index is 1.80. The molecule has 0 unspecified atom stereocenters. The van der Waals surface area contributed by atoms with Gasteiger partial charge in [0.15, 0.2) is 5.82 Å². The van der Waals surface area contributed by atoms with E-state index in [1.165, 1.54) is 16.0 Å². The average Bonchev–Trinajstić information content (AvgIpc) is 3.18. The molecule has 4 rings (SSSR count). The molecule has 0 radical (unpaired) electrons. The number of H-pyrrole nitrogens is 2. The fourth-order valence-electron chi connectivity index (χ4n) is 2.39. The van der Waals surface area contributed by atoms with E-state index in [0.29, 0.717) is 0 Å². The number of nitrogens with zero attached hydrogens (tertiary/aromatic N) is 2. The summed E-state index contributed by atoms with van der Waals surface area (Å²) >= 11 is 1.69. The van der Waals surface area contributed by atoms with Crippen molar-refractivity contribution in [3.8, 4) is 22.1 Å². The van der Waals surface area contributed by atoms with Crippen LogP contribution in [0, 0.1) is 13.8 Å². The van der Waals surface area contributed by atoms with Gasteiger partial charge < -0.3 is 4.98 Å². The van der Waals surface area contributed by atoms with Crippen molar-refractivity contribution in [2.75, 3.05) is 0 Å². The lowest BCUT2D eigenvalue weighted by Crippen LogP contribution is -1.79. The molecule has 0 spiro atoms. The molecule has 0 atom stereocenters. The summed E-state index contributed by atoms with van der Waals surface area (Å²) in [5.74, 6) is 0.800. The molecule has 0 aliphatic heterocycles. The normalized spacial score (nSPS) is 11.3. The molecule has 5 heteroatoms. The van der Waals surface area contributed by atoms with E-state index >= 15 is 0 Å². The maximum absolute atomic E-state index is 4.64. The van der Waals surface area contributed by atoms with E-state index in [4.69, 9.17) is 0 Å². The van der Waals surface area contributed by atoms with E-state index in [9.17, 15) is 0 Å². The van der Waals surface area contributed by atoms with Crippen molar-refractivity contribution in [2.24, 2.45) is 0 Å². The van der Waals surface area contributed by atoms with Gasteiger partial charge >= 0.3 is 0 Å². The molecule has 1 aromatic carbocycles. The number of aromatic nitrogens is 4. The number of aromatic amines is 2. The van der Waals surface area contributed by atoms with Crippen LogP contribution in [0.15, 0.2) is 35.7 Å². The lowest BCUT2D eigenvalue weighted by Gasteiger charge is -1.97. The summed E-state index contributed by atoms with van der Waals surface area (Å²) in [4.78, 5) is 9.17. The number of hydrogen-bond acceptors (Lipinski definition) is 3. The summed E-state index contributed by atoms with van der Waals surface area (Å²) in [6.07, 6.45) is 0. The molecule has 0 saturated carbocycles. The van der Waals surface area contributed by atoms with Crippen molar-refractivity contribution >= 4 is 22.4 Å². The van der Waals surface area contributed by atoms with Gasteiger partial charge in [-0.25, -0.2) is 4.98 Å². The van der Waals surface area contributed by atoms with Crippen molar-refractivity contribution in [2.45, 2.75) is 13.8 Å². The summed E-state index contributed by atoms with van der Waals surface area (Å²) in [5.41, 5.74) is 6.40. The second-order valence-corrected chi connectivity index (χ2v) is 6.13. The number of fused-ring (bicyclic) bond motifs is 1. The third-order valence-corrected chi connectivity index (χ3v) is 4.61. The van der Waals surface area contributed by atoms with Crippen LogP contribution in [0.5, 0.6) is 0 Å². The molecule has 0 amide bonds. The van der Waals surface area contributed by atoms with Crippen molar-refractivity contribution in [1.82, 2.24) is 20.2 Å². The molecular formula is C16H14N4S. The topological polar surface area (TPSA) is 57.4 Å². The van der Waals surface area contributed by atoms with Gasteiger partial charge in [0, 0.05) is 0 Å². The van der Waals surface area contributed by atoms with Gasteiger partial charge in [-0.3, -0.25) is 5.10 Å². The Morgan fingerprint density at radius 2 is 1.95 bits per heavy atom. The van der Waals surface area contributed by atoms with Gasteiger partial charge in [-0.15, -0.1) is 11.3 Å². The molecule has 3 aromatic heterocycles. The Morgan fingerprint density at radius 1 is 1.10 bits per heavy atom. The lowest BCUT2D eigenvalue weighted by molar-refractivity contribution is 1.09. The maximum Gasteiger partial charge on any atom is 0.159 e. The molecule has 4 nitrogen and oxygen atoms in total. The number of rotatable bonds is 2.